The molecule has 0 radical (unpaired) electrons. The van der Waals surface area contributed by atoms with Gasteiger partial charge in [-0.1, -0.05) is 59.1 Å². The zero-order valence-electron chi connectivity index (χ0n) is 25.6. The lowest BCUT2D eigenvalue weighted by atomic mass is 9.99. The Bertz CT molecular complexity index is 1320. The lowest BCUT2D eigenvalue weighted by Crippen LogP contribution is -2.57. The highest BCUT2D eigenvalue weighted by atomic mass is 79.9. The van der Waals surface area contributed by atoms with Crippen molar-refractivity contribution >= 4 is 39.6 Å². The van der Waals surface area contributed by atoms with Crippen LogP contribution in [0.5, 0.6) is 0 Å². The van der Waals surface area contributed by atoms with E-state index >= 15 is 0 Å². The number of carbonyl (C=O) groups excluding carboxylic acids is 3. The van der Waals surface area contributed by atoms with E-state index in [1.54, 1.807) is 4.90 Å². The monoisotopic (exact) mass is 664 g/mol. The van der Waals surface area contributed by atoms with Gasteiger partial charge >= 0.3 is 12.1 Å². The molecule has 5 amide bonds. The first-order valence-corrected chi connectivity index (χ1v) is 17.2. The second kappa shape index (κ2) is 14.3. The van der Waals surface area contributed by atoms with Gasteiger partial charge < -0.3 is 30.2 Å². The maximum Gasteiger partial charge on any atom is 0.322 e. The Morgan fingerprint density at radius 1 is 0.841 bits per heavy atom. The fraction of sp³-hybridized carbons (Fsp3) is 0.559. The van der Waals surface area contributed by atoms with E-state index in [9.17, 15) is 14.4 Å². The predicted molar refractivity (Wildman–Crippen MR) is 175 cm³/mol. The Hall–Kier alpha value is -3.11. The third kappa shape index (κ3) is 7.40. The number of urea groups is 2. The zero-order chi connectivity index (χ0) is 30.5. The summed E-state index contributed by atoms with van der Waals surface area (Å²) in [5.41, 5.74) is 2.99. The number of carbonyl (C=O) groups is 3. The summed E-state index contributed by atoms with van der Waals surface area (Å²) >= 11 is 3.55. The first-order chi connectivity index (χ1) is 21.4. The van der Waals surface area contributed by atoms with Gasteiger partial charge in [-0.25, -0.2) is 9.59 Å². The number of amides is 5. The van der Waals surface area contributed by atoms with Crippen molar-refractivity contribution in [3.05, 3.63) is 64.1 Å². The number of halogens is 1. The number of anilines is 1. The average molecular weight is 666 g/mol. The normalized spacial score (nSPS) is 21.3. The molecular weight excluding hydrogens is 620 g/mol. The van der Waals surface area contributed by atoms with Crippen LogP contribution in [0.1, 0.15) is 62.5 Å². The van der Waals surface area contributed by atoms with Crippen molar-refractivity contribution in [2.45, 2.75) is 82.5 Å². The molecule has 44 heavy (non-hydrogen) atoms. The topological polar surface area (TPSA) is 88.2 Å². The van der Waals surface area contributed by atoms with Crippen molar-refractivity contribution in [3.8, 4) is 0 Å². The van der Waals surface area contributed by atoms with Crippen LogP contribution in [0, 0.1) is 0 Å². The van der Waals surface area contributed by atoms with E-state index < -0.39 is 6.04 Å². The second-order valence-corrected chi connectivity index (χ2v) is 13.7. The van der Waals surface area contributed by atoms with Gasteiger partial charge in [0.15, 0.2) is 0 Å². The molecule has 4 aliphatic heterocycles. The molecule has 3 fully saturated rings. The predicted octanol–water partition coefficient (Wildman–Crippen LogP) is 5.45. The Labute approximate surface area is 269 Å². The van der Waals surface area contributed by atoms with Gasteiger partial charge in [-0.05, 0) is 80.9 Å². The SMILES string of the molecule is O=C(NC(Cc1cccc(Br)c1)C(=O)N1CCC(N2CCCCCC2)CC1)N1CCC(N2Cc3ccccc3NC2=O)CC1. The summed E-state index contributed by atoms with van der Waals surface area (Å²) in [6.45, 7) is 5.48. The molecular formula is C34H45BrN6O3. The first kappa shape index (κ1) is 30.9. The number of rotatable bonds is 6. The van der Waals surface area contributed by atoms with E-state index in [4.69, 9.17) is 0 Å². The first-order valence-electron chi connectivity index (χ1n) is 16.4. The van der Waals surface area contributed by atoms with Gasteiger partial charge in [0.1, 0.15) is 6.04 Å². The summed E-state index contributed by atoms with van der Waals surface area (Å²) in [6, 6.07) is 15.6. The van der Waals surface area contributed by atoms with E-state index in [1.807, 2.05) is 58.3 Å². The van der Waals surface area contributed by atoms with Gasteiger partial charge in [0.2, 0.25) is 5.91 Å². The number of para-hydroxylation sites is 1. The molecule has 6 rings (SSSR count). The van der Waals surface area contributed by atoms with Crippen LogP contribution in [-0.2, 0) is 17.8 Å². The molecule has 0 saturated carbocycles. The molecule has 2 aromatic carbocycles. The highest BCUT2D eigenvalue weighted by molar-refractivity contribution is 9.10. The molecule has 0 spiro atoms. The summed E-state index contributed by atoms with van der Waals surface area (Å²) in [6.07, 6.45) is 9.03. The molecule has 2 N–H and O–H groups in total. The van der Waals surface area contributed by atoms with Gasteiger partial charge in [-0.3, -0.25) is 4.79 Å². The van der Waals surface area contributed by atoms with Crippen molar-refractivity contribution in [1.82, 2.24) is 24.9 Å². The minimum absolute atomic E-state index is 0.00572. The Morgan fingerprint density at radius 2 is 1.52 bits per heavy atom. The van der Waals surface area contributed by atoms with Gasteiger partial charge in [-0.2, -0.15) is 0 Å². The largest absolute Gasteiger partial charge is 0.341 e. The third-order valence-corrected chi connectivity index (χ3v) is 10.4. The number of nitrogens with zero attached hydrogens (tertiary/aromatic N) is 4. The number of likely N-dealkylation sites (tertiary alicyclic amines) is 3. The molecule has 0 aliphatic carbocycles. The van der Waals surface area contributed by atoms with Crippen molar-refractivity contribution in [3.63, 3.8) is 0 Å². The fourth-order valence-electron chi connectivity index (χ4n) is 7.37. The minimum Gasteiger partial charge on any atom is -0.341 e. The van der Waals surface area contributed by atoms with E-state index in [0.717, 1.165) is 47.2 Å². The lowest BCUT2D eigenvalue weighted by Gasteiger charge is -2.41. The summed E-state index contributed by atoms with van der Waals surface area (Å²) in [5, 5.41) is 6.14. The van der Waals surface area contributed by atoms with E-state index in [1.165, 1.54) is 38.8 Å². The van der Waals surface area contributed by atoms with Crippen molar-refractivity contribution in [1.29, 1.82) is 0 Å². The molecule has 3 saturated heterocycles. The second-order valence-electron chi connectivity index (χ2n) is 12.8. The number of piperidine rings is 2. The number of benzene rings is 2. The molecule has 10 heteroatoms. The molecule has 0 aromatic heterocycles. The smallest absolute Gasteiger partial charge is 0.322 e. The zero-order valence-corrected chi connectivity index (χ0v) is 27.1. The molecule has 4 aliphatic rings. The summed E-state index contributed by atoms with van der Waals surface area (Å²) in [4.78, 5) is 48.7. The summed E-state index contributed by atoms with van der Waals surface area (Å²) < 4.78 is 0.956. The molecule has 1 unspecified atom stereocenters. The van der Waals surface area contributed by atoms with Crippen LogP contribution in [0.2, 0.25) is 0 Å². The van der Waals surface area contributed by atoms with Crippen LogP contribution in [0.25, 0.3) is 0 Å². The van der Waals surface area contributed by atoms with Crippen LogP contribution in [-0.4, -0.2) is 95.0 Å². The number of hydrogen-bond acceptors (Lipinski definition) is 4. The van der Waals surface area contributed by atoms with Crippen LogP contribution in [0.4, 0.5) is 15.3 Å². The maximum atomic E-state index is 14.0. The highest BCUT2D eigenvalue weighted by Gasteiger charge is 2.35. The van der Waals surface area contributed by atoms with Crippen molar-refractivity contribution in [2.24, 2.45) is 0 Å². The molecule has 236 valence electrons. The van der Waals surface area contributed by atoms with Gasteiger partial charge in [0.25, 0.3) is 0 Å². The molecule has 0 bridgehead atoms. The lowest BCUT2D eigenvalue weighted by molar-refractivity contribution is -0.134. The summed E-state index contributed by atoms with van der Waals surface area (Å²) in [7, 11) is 0. The van der Waals surface area contributed by atoms with E-state index in [2.05, 4.69) is 31.5 Å². The Kier molecular flexibility index (Phi) is 10.1. The average Bonchev–Trinajstić information content (AvgIpc) is 3.34. The number of nitrogens with one attached hydrogen (secondary N) is 2. The van der Waals surface area contributed by atoms with Crippen LogP contribution < -0.4 is 10.6 Å². The number of fused-ring (bicyclic) bond motifs is 1. The molecule has 1 atom stereocenters. The van der Waals surface area contributed by atoms with Crippen LogP contribution >= 0.6 is 15.9 Å². The molecule has 4 heterocycles. The van der Waals surface area contributed by atoms with Crippen LogP contribution in [0.3, 0.4) is 0 Å². The number of hydrogen-bond donors (Lipinski definition) is 2. The van der Waals surface area contributed by atoms with E-state index in [-0.39, 0.29) is 24.0 Å². The fourth-order valence-corrected chi connectivity index (χ4v) is 7.82. The van der Waals surface area contributed by atoms with Crippen molar-refractivity contribution < 1.29 is 14.4 Å². The Morgan fingerprint density at radius 3 is 2.25 bits per heavy atom. The van der Waals surface area contributed by atoms with Gasteiger partial charge in [0.05, 0.1) is 0 Å². The van der Waals surface area contributed by atoms with Gasteiger partial charge in [-0.15, -0.1) is 0 Å². The maximum absolute atomic E-state index is 14.0. The summed E-state index contributed by atoms with van der Waals surface area (Å²) in [5.74, 6) is 0.00572. The minimum atomic E-state index is -0.631. The standard InChI is InChI=1S/C34H45BrN6O3/c35-27-10-7-8-25(22-27)23-31(32(42)39-18-12-28(13-19-39)38-16-5-1-2-6-17-38)37-33(43)40-20-14-29(15-21-40)41-24-26-9-3-4-11-30(26)36-34(41)44/h3-4,7-11,22,28-29,31H,1-2,5-6,12-21,23-24H2,(H,36,44)(H,37,43). The molecule has 2 aromatic rings. The van der Waals surface area contributed by atoms with E-state index in [0.29, 0.717) is 44.9 Å². The van der Waals surface area contributed by atoms with Crippen molar-refractivity contribution in [2.75, 3.05) is 44.6 Å². The third-order valence-electron chi connectivity index (χ3n) is 9.91. The van der Waals surface area contributed by atoms with Crippen LogP contribution in [0.15, 0.2) is 53.0 Å². The van der Waals surface area contributed by atoms with Gasteiger partial charge in [0, 0.05) is 61.4 Å². The quantitative estimate of drug-likeness (QED) is 0.430. The Balaban J connectivity index is 1.06. The molecule has 9 nitrogen and oxygen atoms in total. The highest BCUT2D eigenvalue weighted by Crippen LogP contribution is 2.28.